The van der Waals surface area contributed by atoms with E-state index in [2.05, 4.69) is 5.10 Å². The molecule has 0 aromatic carbocycles. The van der Waals surface area contributed by atoms with Crippen molar-refractivity contribution < 1.29 is 10.2 Å². The molecule has 0 saturated heterocycles. The zero-order valence-corrected chi connectivity index (χ0v) is 9.81. The van der Waals surface area contributed by atoms with Crippen LogP contribution in [-0.4, -0.2) is 26.1 Å². The summed E-state index contributed by atoms with van der Waals surface area (Å²) in [4.78, 5) is 0. The Morgan fingerprint density at radius 2 is 2.00 bits per heavy atom. The first kappa shape index (κ1) is 12.2. The fourth-order valence-electron chi connectivity index (χ4n) is 1.36. The molecule has 4 heteroatoms. The highest BCUT2D eigenvalue weighted by Crippen LogP contribution is 2.29. The van der Waals surface area contributed by atoms with Gasteiger partial charge in [-0.1, -0.05) is 20.8 Å². The first-order chi connectivity index (χ1) is 6.86. The van der Waals surface area contributed by atoms with E-state index in [0.717, 1.165) is 6.54 Å². The van der Waals surface area contributed by atoms with E-state index in [0.29, 0.717) is 5.56 Å². The fourth-order valence-corrected chi connectivity index (χ4v) is 1.36. The minimum absolute atomic E-state index is 0.340. The predicted octanol–water partition coefficient (Wildman–Crippen LogP) is 1.34. The average molecular weight is 212 g/mol. The summed E-state index contributed by atoms with van der Waals surface area (Å²) in [6, 6.07) is 0. The Bertz CT molecular complexity index is 315. The number of rotatable bonds is 3. The Morgan fingerprint density at radius 3 is 2.40 bits per heavy atom. The van der Waals surface area contributed by atoms with Crippen LogP contribution in [0.2, 0.25) is 0 Å². The smallest absolute Gasteiger partial charge is 0.108 e. The SMILES string of the molecule is CCn1cc(C(O)C(O)C(C)(C)C)cn1. The van der Waals surface area contributed by atoms with Crippen LogP contribution in [0.3, 0.4) is 0 Å². The summed E-state index contributed by atoms with van der Waals surface area (Å²) >= 11 is 0. The third-order valence-corrected chi connectivity index (χ3v) is 2.51. The van der Waals surface area contributed by atoms with Crippen molar-refractivity contribution in [2.45, 2.75) is 46.4 Å². The zero-order chi connectivity index (χ0) is 11.6. The van der Waals surface area contributed by atoms with Gasteiger partial charge in [0.1, 0.15) is 6.10 Å². The third-order valence-electron chi connectivity index (χ3n) is 2.51. The van der Waals surface area contributed by atoms with Crippen molar-refractivity contribution in [3.05, 3.63) is 18.0 Å². The van der Waals surface area contributed by atoms with E-state index >= 15 is 0 Å². The number of hydrogen-bond acceptors (Lipinski definition) is 3. The number of aliphatic hydroxyl groups excluding tert-OH is 2. The zero-order valence-electron chi connectivity index (χ0n) is 9.81. The van der Waals surface area contributed by atoms with E-state index < -0.39 is 12.2 Å². The lowest BCUT2D eigenvalue weighted by atomic mass is 9.84. The highest BCUT2D eigenvalue weighted by Gasteiger charge is 2.30. The molecule has 4 nitrogen and oxygen atoms in total. The van der Waals surface area contributed by atoms with Gasteiger partial charge in [-0.05, 0) is 12.3 Å². The third kappa shape index (κ3) is 2.79. The lowest BCUT2D eigenvalue weighted by Crippen LogP contribution is -2.32. The highest BCUT2D eigenvalue weighted by molar-refractivity contribution is 5.10. The lowest BCUT2D eigenvalue weighted by molar-refractivity contribution is -0.0458. The van der Waals surface area contributed by atoms with Gasteiger partial charge in [0.15, 0.2) is 0 Å². The molecule has 1 aromatic heterocycles. The normalized spacial score (nSPS) is 16.4. The molecule has 2 unspecified atom stereocenters. The van der Waals surface area contributed by atoms with Gasteiger partial charge in [0.05, 0.1) is 12.3 Å². The Labute approximate surface area is 90.5 Å². The van der Waals surface area contributed by atoms with Crippen LogP contribution in [0.15, 0.2) is 12.4 Å². The van der Waals surface area contributed by atoms with Crippen molar-refractivity contribution in [2.24, 2.45) is 5.41 Å². The first-order valence-electron chi connectivity index (χ1n) is 5.24. The molecule has 0 spiro atoms. The van der Waals surface area contributed by atoms with E-state index in [1.807, 2.05) is 27.7 Å². The number of aliphatic hydroxyl groups is 2. The van der Waals surface area contributed by atoms with Crippen LogP contribution >= 0.6 is 0 Å². The number of aryl methyl sites for hydroxylation is 1. The molecule has 0 aliphatic carbocycles. The van der Waals surface area contributed by atoms with Crippen LogP contribution in [0.25, 0.3) is 0 Å². The maximum atomic E-state index is 9.93. The molecule has 2 N–H and O–H groups in total. The van der Waals surface area contributed by atoms with Gasteiger partial charge in [0, 0.05) is 18.3 Å². The maximum Gasteiger partial charge on any atom is 0.108 e. The molecule has 86 valence electrons. The number of aromatic nitrogens is 2. The topological polar surface area (TPSA) is 58.3 Å². The molecule has 15 heavy (non-hydrogen) atoms. The second-order valence-corrected chi connectivity index (χ2v) is 4.89. The monoisotopic (exact) mass is 212 g/mol. The van der Waals surface area contributed by atoms with Gasteiger partial charge in [0.2, 0.25) is 0 Å². The summed E-state index contributed by atoms with van der Waals surface area (Å²) in [6.45, 7) is 8.42. The van der Waals surface area contributed by atoms with Gasteiger partial charge < -0.3 is 10.2 Å². The Hall–Kier alpha value is -0.870. The van der Waals surface area contributed by atoms with Crippen LogP contribution in [0.4, 0.5) is 0 Å². The van der Waals surface area contributed by atoms with Crippen LogP contribution in [0.1, 0.15) is 39.4 Å². The molecule has 0 amide bonds. The number of nitrogens with zero attached hydrogens (tertiary/aromatic N) is 2. The van der Waals surface area contributed by atoms with Crippen molar-refractivity contribution >= 4 is 0 Å². The van der Waals surface area contributed by atoms with Crippen LogP contribution in [-0.2, 0) is 6.54 Å². The molecule has 0 aliphatic heterocycles. The molecular weight excluding hydrogens is 192 g/mol. The summed E-state index contributed by atoms with van der Waals surface area (Å²) in [7, 11) is 0. The van der Waals surface area contributed by atoms with Gasteiger partial charge >= 0.3 is 0 Å². The maximum absolute atomic E-state index is 9.93. The van der Waals surface area contributed by atoms with E-state index in [-0.39, 0.29) is 5.41 Å². The Balaban J connectivity index is 2.80. The predicted molar refractivity (Wildman–Crippen MR) is 58.3 cm³/mol. The molecule has 0 aliphatic rings. The van der Waals surface area contributed by atoms with Crippen molar-refractivity contribution in [3.8, 4) is 0 Å². The van der Waals surface area contributed by atoms with Gasteiger partial charge in [-0.25, -0.2) is 0 Å². The van der Waals surface area contributed by atoms with Crippen molar-refractivity contribution in [1.82, 2.24) is 9.78 Å². The standard InChI is InChI=1S/C11H20N2O2/c1-5-13-7-8(6-12-13)9(14)10(15)11(2,3)4/h6-7,9-10,14-15H,5H2,1-4H3. The molecule has 1 heterocycles. The molecule has 0 radical (unpaired) electrons. The van der Waals surface area contributed by atoms with Crippen molar-refractivity contribution in [2.75, 3.05) is 0 Å². The molecule has 0 fully saturated rings. The van der Waals surface area contributed by atoms with Crippen molar-refractivity contribution in [1.29, 1.82) is 0 Å². The Morgan fingerprint density at radius 1 is 1.40 bits per heavy atom. The highest BCUT2D eigenvalue weighted by atomic mass is 16.3. The average Bonchev–Trinajstić information content (AvgIpc) is 2.62. The molecule has 2 atom stereocenters. The summed E-state index contributed by atoms with van der Waals surface area (Å²) in [5.74, 6) is 0. The van der Waals surface area contributed by atoms with E-state index in [1.165, 1.54) is 0 Å². The van der Waals surface area contributed by atoms with Crippen LogP contribution in [0, 0.1) is 5.41 Å². The largest absolute Gasteiger partial charge is 0.390 e. The molecule has 1 rings (SSSR count). The lowest BCUT2D eigenvalue weighted by Gasteiger charge is -2.29. The van der Waals surface area contributed by atoms with Gasteiger partial charge in [-0.3, -0.25) is 4.68 Å². The summed E-state index contributed by atoms with van der Waals surface area (Å²) < 4.78 is 1.73. The molecular formula is C11H20N2O2. The van der Waals surface area contributed by atoms with Gasteiger partial charge in [-0.2, -0.15) is 5.10 Å². The summed E-state index contributed by atoms with van der Waals surface area (Å²) in [5.41, 5.74) is 0.326. The summed E-state index contributed by atoms with van der Waals surface area (Å²) in [6.07, 6.45) is 1.71. The molecule has 0 saturated carbocycles. The first-order valence-corrected chi connectivity index (χ1v) is 5.24. The van der Waals surface area contributed by atoms with Gasteiger partial charge in [-0.15, -0.1) is 0 Å². The second-order valence-electron chi connectivity index (χ2n) is 4.89. The van der Waals surface area contributed by atoms with Crippen LogP contribution in [0.5, 0.6) is 0 Å². The summed E-state index contributed by atoms with van der Waals surface area (Å²) in [5, 5.41) is 23.9. The van der Waals surface area contributed by atoms with E-state index in [1.54, 1.807) is 17.1 Å². The van der Waals surface area contributed by atoms with E-state index in [4.69, 9.17) is 0 Å². The Kier molecular flexibility index (Phi) is 3.52. The van der Waals surface area contributed by atoms with Gasteiger partial charge in [0.25, 0.3) is 0 Å². The minimum atomic E-state index is -0.870. The minimum Gasteiger partial charge on any atom is -0.390 e. The van der Waals surface area contributed by atoms with E-state index in [9.17, 15) is 10.2 Å². The molecule has 0 bridgehead atoms. The van der Waals surface area contributed by atoms with Crippen molar-refractivity contribution in [3.63, 3.8) is 0 Å². The number of hydrogen-bond donors (Lipinski definition) is 2. The quantitative estimate of drug-likeness (QED) is 0.795. The van der Waals surface area contributed by atoms with Crippen LogP contribution < -0.4 is 0 Å². The second kappa shape index (κ2) is 4.33. The fraction of sp³-hybridized carbons (Fsp3) is 0.727. The molecule has 1 aromatic rings.